The second-order valence-corrected chi connectivity index (χ2v) is 11.6. The first-order valence-electron chi connectivity index (χ1n) is 13.9. The van der Waals surface area contributed by atoms with Gasteiger partial charge in [-0.2, -0.15) is 0 Å². The molecule has 1 aromatic heterocycles. The molecule has 5 rings (SSSR count). The Balaban J connectivity index is 1.45. The Hall–Kier alpha value is -3.45. The van der Waals surface area contributed by atoms with Gasteiger partial charge in [-0.05, 0) is 93.6 Å². The molecule has 1 saturated heterocycles. The number of amides is 1. The number of aromatic nitrogens is 1. The summed E-state index contributed by atoms with van der Waals surface area (Å²) in [5, 5.41) is 3.62. The largest absolute Gasteiger partial charge is 0.462 e. The summed E-state index contributed by atoms with van der Waals surface area (Å²) in [4.78, 5) is 28.9. The van der Waals surface area contributed by atoms with Gasteiger partial charge in [0, 0.05) is 28.8 Å². The molecule has 7 heteroatoms. The van der Waals surface area contributed by atoms with Gasteiger partial charge in [-0.3, -0.25) is 4.79 Å². The van der Waals surface area contributed by atoms with Crippen LogP contribution in [-0.4, -0.2) is 39.5 Å². The predicted molar refractivity (Wildman–Crippen MR) is 159 cm³/mol. The van der Waals surface area contributed by atoms with Crippen molar-refractivity contribution in [2.75, 3.05) is 11.9 Å². The van der Waals surface area contributed by atoms with Crippen LogP contribution in [0, 0.1) is 19.8 Å². The number of carbonyl (C=O) groups is 2. The Kier molecular flexibility index (Phi) is 8.17. The molecule has 2 aliphatic rings. The van der Waals surface area contributed by atoms with E-state index in [1.807, 2.05) is 36.4 Å². The molecule has 0 bridgehead atoms. The van der Waals surface area contributed by atoms with Crippen LogP contribution in [0.2, 0.25) is 0 Å². The van der Waals surface area contributed by atoms with E-state index in [9.17, 15) is 9.59 Å². The van der Waals surface area contributed by atoms with Crippen molar-refractivity contribution in [2.24, 2.45) is 5.92 Å². The van der Waals surface area contributed by atoms with E-state index < -0.39 is 0 Å². The van der Waals surface area contributed by atoms with Crippen LogP contribution in [0.15, 0.2) is 65.6 Å². The normalized spacial score (nSPS) is 22.4. The monoisotopic (exact) mass is 543 g/mol. The molecule has 2 fully saturated rings. The Morgan fingerprint density at radius 1 is 1.08 bits per heavy atom. The molecule has 6 nitrogen and oxygen atoms in total. The summed E-state index contributed by atoms with van der Waals surface area (Å²) in [6.07, 6.45) is 6.65. The number of hydrogen-bond donors (Lipinski definition) is 1. The van der Waals surface area contributed by atoms with Crippen LogP contribution in [-0.2, 0) is 9.53 Å². The molecule has 0 radical (unpaired) electrons. The molecule has 1 unspecified atom stereocenters. The molecule has 2 heterocycles. The summed E-state index contributed by atoms with van der Waals surface area (Å²) in [6, 6.07) is 20.0. The number of esters is 1. The van der Waals surface area contributed by atoms with Crippen LogP contribution in [0.3, 0.4) is 0 Å². The fraction of sp³-hybridized carbons (Fsp3) is 0.375. The van der Waals surface area contributed by atoms with Gasteiger partial charge >= 0.3 is 5.97 Å². The number of anilines is 1. The van der Waals surface area contributed by atoms with E-state index in [1.54, 1.807) is 30.8 Å². The lowest BCUT2D eigenvalue weighted by Gasteiger charge is -2.39. The SMILES string of the molecule is CCOC(=O)c1ccc(-n2c(C)cc(/C=C3\SC(Nc4ccccc4)N([C@H]4CCCC[C@@H]4C)C3=O)c2C)cc1. The van der Waals surface area contributed by atoms with Gasteiger partial charge in [-0.15, -0.1) is 0 Å². The first kappa shape index (κ1) is 27.1. The highest BCUT2D eigenvalue weighted by Crippen LogP contribution is 2.42. The lowest BCUT2D eigenvalue weighted by atomic mass is 9.85. The average Bonchev–Trinajstić information content (AvgIpc) is 3.39. The number of para-hydroxylation sites is 1. The zero-order valence-corrected chi connectivity index (χ0v) is 24.0. The number of rotatable bonds is 7. The van der Waals surface area contributed by atoms with Crippen molar-refractivity contribution in [1.29, 1.82) is 0 Å². The minimum absolute atomic E-state index is 0.107. The number of ether oxygens (including phenoxy) is 1. The number of benzene rings is 2. The number of carbonyl (C=O) groups excluding carboxylic acids is 2. The maximum absolute atomic E-state index is 13.9. The summed E-state index contributed by atoms with van der Waals surface area (Å²) in [6.45, 7) is 8.57. The van der Waals surface area contributed by atoms with Crippen LogP contribution in [0.4, 0.5) is 5.69 Å². The minimum Gasteiger partial charge on any atom is -0.462 e. The summed E-state index contributed by atoms with van der Waals surface area (Å²) in [7, 11) is 0. The first-order chi connectivity index (χ1) is 18.9. The summed E-state index contributed by atoms with van der Waals surface area (Å²) < 4.78 is 7.28. The smallest absolute Gasteiger partial charge is 0.338 e. The van der Waals surface area contributed by atoms with Crippen LogP contribution < -0.4 is 5.32 Å². The Morgan fingerprint density at radius 3 is 2.49 bits per heavy atom. The van der Waals surface area contributed by atoms with E-state index in [1.165, 1.54) is 6.42 Å². The molecule has 1 amide bonds. The third kappa shape index (κ3) is 5.64. The molecular formula is C32H37N3O3S. The van der Waals surface area contributed by atoms with E-state index >= 15 is 0 Å². The quantitative estimate of drug-likeness (QED) is 0.253. The van der Waals surface area contributed by atoms with Gasteiger partial charge in [0.15, 0.2) is 5.50 Å². The van der Waals surface area contributed by atoms with E-state index in [-0.39, 0.29) is 23.4 Å². The molecule has 39 heavy (non-hydrogen) atoms. The standard InChI is InChI=1S/C32H37N3O3S/c1-5-38-31(37)24-15-17-27(18-16-24)34-22(3)19-25(23(34)4)20-29-30(36)35(28-14-10-9-11-21(28)2)32(39-29)33-26-12-7-6-8-13-26/h6-8,12-13,15-21,28,32-33H,5,9-11,14H2,1-4H3/b29-20-/t21-,28-,32?/m0/s1. The lowest BCUT2D eigenvalue weighted by Crippen LogP contribution is -2.48. The van der Waals surface area contributed by atoms with Gasteiger partial charge in [-0.1, -0.05) is 49.7 Å². The molecule has 3 aromatic rings. The summed E-state index contributed by atoms with van der Waals surface area (Å²) >= 11 is 1.61. The van der Waals surface area contributed by atoms with E-state index in [4.69, 9.17) is 4.74 Å². The van der Waals surface area contributed by atoms with Gasteiger partial charge in [0.1, 0.15) is 0 Å². The minimum atomic E-state index is -0.317. The zero-order chi connectivity index (χ0) is 27.5. The number of nitrogens with one attached hydrogen (secondary N) is 1. The molecule has 1 aliphatic carbocycles. The van der Waals surface area contributed by atoms with E-state index in [0.717, 1.165) is 52.5 Å². The van der Waals surface area contributed by atoms with Crippen LogP contribution in [0.5, 0.6) is 0 Å². The topological polar surface area (TPSA) is 63.6 Å². The van der Waals surface area contributed by atoms with Crippen molar-refractivity contribution < 1.29 is 14.3 Å². The second-order valence-electron chi connectivity index (χ2n) is 10.5. The fourth-order valence-electron chi connectivity index (χ4n) is 5.80. The maximum Gasteiger partial charge on any atom is 0.338 e. The van der Waals surface area contributed by atoms with Crippen molar-refractivity contribution in [3.63, 3.8) is 0 Å². The highest BCUT2D eigenvalue weighted by molar-refractivity contribution is 8.05. The van der Waals surface area contributed by atoms with Gasteiger partial charge in [0.05, 0.1) is 17.1 Å². The van der Waals surface area contributed by atoms with Gasteiger partial charge in [0.2, 0.25) is 0 Å². The van der Waals surface area contributed by atoms with Gasteiger partial charge in [-0.25, -0.2) is 4.79 Å². The van der Waals surface area contributed by atoms with Crippen LogP contribution >= 0.6 is 11.8 Å². The fourth-order valence-corrected chi connectivity index (χ4v) is 7.00. The summed E-state index contributed by atoms with van der Waals surface area (Å²) in [5.74, 6) is 0.267. The Labute approximate surface area is 235 Å². The highest BCUT2D eigenvalue weighted by Gasteiger charge is 2.43. The predicted octanol–water partition coefficient (Wildman–Crippen LogP) is 7.16. The molecule has 2 aromatic carbocycles. The molecule has 0 spiro atoms. The highest BCUT2D eigenvalue weighted by atomic mass is 32.2. The molecular weight excluding hydrogens is 506 g/mol. The van der Waals surface area contributed by atoms with E-state index in [0.29, 0.717) is 18.1 Å². The second kappa shape index (κ2) is 11.7. The number of aryl methyl sites for hydroxylation is 1. The Bertz CT molecular complexity index is 1360. The van der Waals surface area contributed by atoms with Crippen molar-refractivity contribution >= 4 is 35.4 Å². The maximum atomic E-state index is 13.9. The lowest BCUT2D eigenvalue weighted by molar-refractivity contribution is -0.129. The third-order valence-corrected chi connectivity index (χ3v) is 8.93. The van der Waals surface area contributed by atoms with Crippen molar-refractivity contribution in [2.45, 2.75) is 64.9 Å². The van der Waals surface area contributed by atoms with Crippen molar-refractivity contribution in [3.8, 4) is 5.69 Å². The third-order valence-electron chi connectivity index (χ3n) is 7.82. The molecule has 204 valence electrons. The van der Waals surface area contributed by atoms with Gasteiger partial charge in [0.25, 0.3) is 5.91 Å². The molecule has 1 aliphatic heterocycles. The zero-order valence-electron chi connectivity index (χ0n) is 23.1. The molecule has 1 N–H and O–H groups in total. The van der Waals surface area contributed by atoms with E-state index in [2.05, 4.69) is 53.8 Å². The van der Waals surface area contributed by atoms with Gasteiger partial charge < -0.3 is 19.5 Å². The van der Waals surface area contributed by atoms with Crippen LogP contribution in [0.25, 0.3) is 11.8 Å². The molecule has 3 atom stereocenters. The average molecular weight is 544 g/mol. The summed E-state index contributed by atoms with van der Waals surface area (Å²) in [5.41, 5.74) is 5.51. The number of nitrogens with zero attached hydrogens (tertiary/aromatic N) is 2. The number of hydrogen-bond acceptors (Lipinski definition) is 5. The Morgan fingerprint density at radius 2 is 1.79 bits per heavy atom. The molecule has 1 saturated carbocycles. The van der Waals surface area contributed by atoms with Crippen LogP contribution in [0.1, 0.15) is 66.8 Å². The first-order valence-corrected chi connectivity index (χ1v) is 14.7. The van der Waals surface area contributed by atoms with Crippen molar-refractivity contribution in [1.82, 2.24) is 9.47 Å². The number of thioether (sulfide) groups is 1. The van der Waals surface area contributed by atoms with Crippen molar-refractivity contribution in [3.05, 3.63) is 88.1 Å².